The highest BCUT2D eigenvalue weighted by molar-refractivity contribution is 5.78. The normalized spacial score (nSPS) is 12.3. The zero-order chi connectivity index (χ0) is 12.1. The third-order valence-electron chi connectivity index (χ3n) is 1.51. The zero-order valence-electron chi connectivity index (χ0n) is 8.49. The fourth-order valence-corrected chi connectivity index (χ4v) is 0.653. The van der Waals surface area contributed by atoms with Crippen LogP contribution < -0.4 is 10.6 Å². The highest BCUT2D eigenvalue weighted by atomic mass is 19.3. The topological polar surface area (TPSA) is 41.1 Å². The van der Waals surface area contributed by atoms with Crippen LogP contribution in [-0.2, 0) is 4.79 Å². The number of carbonyl (C=O) groups excluding carboxylic acids is 1. The highest BCUT2D eigenvalue weighted by Crippen LogP contribution is 2.21. The molecule has 0 rings (SSSR count). The van der Waals surface area contributed by atoms with Crippen molar-refractivity contribution in [2.75, 3.05) is 13.1 Å². The van der Waals surface area contributed by atoms with Gasteiger partial charge in [-0.25, -0.2) is 8.78 Å². The van der Waals surface area contributed by atoms with E-state index >= 15 is 0 Å². The van der Waals surface area contributed by atoms with Crippen molar-refractivity contribution in [1.29, 1.82) is 0 Å². The highest BCUT2D eigenvalue weighted by Gasteiger charge is 2.40. The Morgan fingerprint density at radius 3 is 2.27 bits per heavy atom. The second-order valence-corrected chi connectivity index (χ2v) is 3.37. The van der Waals surface area contributed by atoms with Crippen LogP contribution in [0.25, 0.3) is 0 Å². The van der Waals surface area contributed by atoms with Crippen molar-refractivity contribution < 1.29 is 22.4 Å². The second-order valence-electron chi connectivity index (χ2n) is 3.37. The maximum absolute atomic E-state index is 12.3. The third-order valence-corrected chi connectivity index (χ3v) is 1.51. The van der Waals surface area contributed by atoms with Gasteiger partial charge in [0.1, 0.15) is 0 Å². The quantitative estimate of drug-likeness (QED) is 0.668. The molecule has 0 spiro atoms. The molecule has 0 aliphatic carbocycles. The monoisotopic (exact) mass is 230 g/mol. The average molecular weight is 230 g/mol. The Balaban J connectivity index is 3.80. The first-order valence-electron chi connectivity index (χ1n) is 4.41. The lowest BCUT2D eigenvalue weighted by Gasteiger charge is -2.16. The van der Waals surface area contributed by atoms with Gasteiger partial charge in [0, 0.05) is 6.04 Å². The number of carbonyl (C=O) groups is 1. The summed E-state index contributed by atoms with van der Waals surface area (Å²) in [5, 5.41) is 4.39. The first kappa shape index (κ1) is 14.2. The van der Waals surface area contributed by atoms with Gasteiger partial charge in [0.25, 0.3) is 0 Å². The van der Waals surface area contributed by atoms with Crippen molar-refractivity contribution in [3.63, 3.8) is 0 Å². The number of hydrogen-bond donors (Lipinski definition) is 2. The lowest BCUT2D eigenvalue weighted by Crippen LogP contribution is -2.45. The molecule has 0 fully saturated rings. The van der Waals surface area contributed by atoms with Gasteiger partial charge in [-0.1, -0.05) is 13.8 Å². The molecule has 0 atom stereocenters. The van der Waals surface area contributed by atoms with E-state index in [2.05, 4.69) is 5.32 Å². The summed E-state index contributed by atoms with van der Waals surface area (Å²) in [6.07, 6.45) is -3.77. The van der Waals surface area contributed by atoms with Crippen LogP contribution in [0.1, 0.15) is 13.8 Å². The number of hydrogen-bond acceptors (Lipinski definition) is 2. The Kier molecular flexibility index (Phi) is 5.56. The maximum atomic E-state index is 12.3. The summed E-state index contributed by atoms with van der Waals surface area (Å²) in [7, 11) is 0. The lowest BCUT2D eigenvalue weighted by molar-refractivity contribution is -0.136. The average Bonchev–Trinajstić information content (AvgIpc) is 2.11. The van der Waals surface area contributed by atoms with Crippen LogP contribution in [0.3, 0.4) is 0 Å². The van der Waals surface area contributed by atoms with Gasteiger partial charge in [-0.05, 0) is 0 Å². The number of rotatable bonds is 6. The predicted molar refractivity (Wildman–Crippen MR) is 47.1 cm³/mol. The molecule has 0 aromatic heterocycles. The van der Waals surface area contributed by atoms with Crippen LogP contribution in [-0.4, -0.2) is 37.4 Å². The lowest BCUT2D eigenvalue weighted by atomic mass is 10.3. The van der Waals surface area contributed by atoms with Crippen molar-refractivity contribution in [3.05, 3.63) is 0 Å². The van der Waals surface area contributed by atoms with E-state index in [0.29, 0.717) is 0 Å². The standard InChI is InChI=1S/C8H14F4N2O/c1-5(2)13-3-6(15)14-4-8(11,12)7(9)10/h5,7,13H,3-4H2,1-2H3,(H,14,15). The van der Waals surface area contributed by atoms with Crippen LogP contribution >= 0.6 is 0 Å². The molecule has 0 saturated carbocycles. The predicted octanol–water partition coefficient (Wildman–Crippen LogP) is 1.00. The van der Waals surface area contributed by atoms with E-state index in [-0.39, 0.29) is 12.6 Å². The van der Waals surface area contributed by atoms with Gasteiger partial charge in [0.15, 0.2) is 0 Å². The summed E-state index contributed by atoms with van der Waals surface area (Å²) in [6.45, 7) is 2.02. The fourth-order valence-electron chi connectivity index (χ4n) is 0.653. The van der Waals surface area contributed by atoms with Crippen LogP contribution in [0.4, 0.5) is 17.6 Å². The minimum Gasteiger partial charge on any atom is -0.349 e. The molecule has 0 bridgehead atoms. The van der Waals surface area contributed by atoms with E-state index < -0.39 is 24.8 Å². The molecule has 0 aromatic rings. The molecule has 0 heterocycles. The van der Waals surface area contributed by atoms with Crippen molar-refractivity contribution in [2.45, 2.75) is 32.2 Å². The maximum Gasteiger partial charge on any atom is 0.324 e. The van der Waals surface area contributed by atoms with Crippen molar-refractivity contribution in [3.8, 4) is 0 Å². The number of alkyl halides is 4. The van der Waals surface area contributed by atoms with Gasteiger partial charge in [-0.2, -0.15) is 8.78 Å². The largest absolute Gasteiger partial charge is 0.349 e. The van der Waals surface area contributed by atoms with Crippen LogP contribution in [0, 0.1) is 0 Å². The molecule has 1 amide bonds. The summed E-state index contributed by atoms with van der Waals surface area (Å²) >= 11 is 0. The molecule has 3 nitrogen and oxygen atoms in total. The van der Waals surface area contributed by atoms with E-state index in [9.17, 15) is 22.4 Å². The fraction of sp³-hybridized carbons (Fsp3) is 0.875. The first-order chi connectivity index (χ1) is 6.75. The zero-order valence-corrected chi connectivity index (χ0v) is 8.49. The van der Waals surface area contributed by atoms with Crippen molar-refractivity contribution in [1.82, 2.24) is 10.6 Å². The van der Waals surface area contributed by atoms with Gasteiger partial charge >= 0.3 is 12.3 Å². The molecule has 15 heavy (non-hydrogen) atoms. The molecular weight excluding hydrogens is 216 g/mol. The van der Waals surface area contributed by atoms with Crippen LogP contribution in [0.5, 0.6) is 0 Å². The Morgan fingerprint density at radius 2 is 1.87 bits per heavy atom. The number of nitrogens with one attached hydrogen (secondary N) is 2. The molecule has 2 N–H and O–H groups in total. The van der Waals surface area contributed by atoms with Gasteiger partial charge < -0.3 is 10.6 Å². The molecule has 0 aliphatic heterocycles. The minimum atomic E-state index is -4.17. The molecular formula is C8H14F4N2O. The molecule has 90 valence electrons. The molecule has 0 radical (unpaired) electrons. The summed E-state index contributed by atoms with van der Waals surface area (Å²) in [5.41, 5.74) is 0. The molecule has 0 saturated heterocycles. The summed E-state index contributed by atoms with van der Waals surface area (Å²) in [4.78, 5) is 10.9. The molecule has 0 unspecified atom stereocenters. The first-order valence-corrected chi connectivity index (χ1v) is 4.41. The second kappa shape index (κ2) is 5.89. The summed E-state index contributed by atoms with van der Waals surface area (Å²) in [5.74, 6) is -4.91. The van der Waals surface area contributed by atoms with Crippen LogP contribution in [0.2, 0.25) is 0 Å². The van der Waals surface area contributed by atoms with E-state index in [1.54, 1.807) is 19.2 Å². The molecule has 0 aromatic carbocycles. The van der Waals surface area contributed by atoms with E-state index in [0.717, 1.165) is 0 Å². The summed E-state index contributed by atoms with van der Waals surface area (Å²) in [6, 6.07) is 0.0198. The third kappa shape index (κ3) is 6.27. The van der Waals surface area contributed by atoms with Crippen LogP contribution in [0.15, 0.2) is 0 Å². The Labute approximate surface area is 85.2 Å². The minimum absolute atomic E-state index is 0.0198. The van der Waals surface area contributed by atoms with E-state index in [1.807, 2.05) is 0 Å². The van der Waals surface area contributed by atoms with Gasteiger partial charge in [-0.3, -0.25) is 4.79 Å². The summed E-state index contributed by atoms with van der Waals surface area (Å²) < 4.78 is 48.0. The van der Waals surface area contributed by atoms with Crippen molar-refractivity contribution in [2.24, 2.45) is 0 Å². The molecule has 0 aliphatic rings. The Morgan fingerprint density at radius 1 is 1.33 bits per heavy atom. The van der Waals surface area contributed by atoms with E-state index in [1.165, 1.54) is 0 Å². The Hall–Kier alpha value is -0.850. The number of halogens is 4. The van der Waals surface area contributed by atoms with E-state index in [4.69, 9.17) is 0 Å². The molecule has 7 heteroatoms. The number of amides is 1. The van der Waals surface area contributed by atoms with Crippen molar-refractivity contribution >= 4 is 5.91 Å². The Bertz CT molecular complexity index is 209. The smallest absolute Gasteiger partial charge is 0.324 e. The van der Waals surface area contributed by atoms with Gasteiger partial charge in [0.2, 0.25) is 5.91 Å². The SMILES string of the molecule is CC(C)NCC(=O)NCC(F)(F)C(F)F. The van der Waals surface area contributed by atoms with Gasteiger partial charge in [0.05, 0.1) is 13.1 Å². The van der Waals surface area contributed by atoms with Gasteiger partial charge in [-0.15, -0.1) is 0 Å².